The largest absolute Gasteiger partial charge is 0.314 e. The molecule has 0 radical (unpaired) electrons. The second-order valence-corrected chi connectivity index (χ2v) is 8.32. The van der Waals surface area contributed by atoms with Crippen molar-refractivity contribution in [3.8, 4) is 0 Å². The molecular weight excluding hydrogens is 276 g/mol. The van der Waals surface area contributed by atoms with Crippen LogP contribution in [-0.4, -0.2) is 42.4 Å². The third-order valence-electron chi connectivity index (χ3n) is 5.16. The first-order chi connectivity index (χ1) is 10.4. The lowest BCUT2D eigenvalue weighted by molar-refractivity contribution is 0.183. The number of piperidine rings is 1. The summed E-state index contributed by atoms with van der Waals surface area (Å²) < 4.78 is 0. The summed E-state index contributed by atoms with van der Waals surface area (Å²) in [6.45, 7) is 5.17. The number of likely N-dealkylation sites (tertiary alicyclic amines) is 1. The van der Waals surface area contributed by atoms with Gasteiger partial charge in [-0.05, 0) is 69.3 Å². The van der Waals surface area contributed by atoms with E-state index in [9.17, 15) is 0 Å². The number of hydrogen-bond acceptors (Lipinski definition) is 3. The minimum absolute atomic E-state index is 0.781. The molecule has 1 saturated heterocycles. The lowest BCUT2D eigenvalue weighted by Gasteiger charge is -2.33. The van der Waals surface area contributed by atoms with Gasteiger partial charge in [-0.2, -0.15) is 0 Å². The van der Waals surface area contributed by atoms with Gasteiger partial charge < -0.3 is 10.2 Å². The SMILES string of the molecule is c1ccc2c(c1)CC(CN1CCC(CNC3CC3)CC1)S2. The molecule has 2 fully saturated rings. The van der Waals surface area contributed by atoms with Gasteiger partial charge in [0.2, 0.25) is 0 Å². The van der Waals surface area contributed by atoms with Gasteiger partial charge in [0.05, 0.1) is 0 Å². The summed E-state index contributed by atoms with van der Waals surface area (Å²) in [5.74, 6) is 0.926. The molecular formula is C18H26N2S. The second-order valence-electron chi connectivity index (χ2n) is 6.98. The molecule has 1 unspecified atom stereocenters. The third kappa shape index (κ3) is 3.64. The van der Waals surface area contributed by atoms with Crippen molar-refractivity contribution in [2.24, 2.45) is 5.92 Å². The quantitative estimate of drug-likeness (QED) is 0.899. The normalized spacial score (nSPS) is 27.0. The van der Waals surface area contributed by atoms with Crippen molar-refractivity contribution in [3.05, 3.63) is 29.8 Å². The molecule has 21 heavy (non-hydrogen) atoms. The summed E-state index contributed by atoms with van der Waals surface area (Å²) >= 11 is 2.10. The monoisotopic (exact) mass is 302 g/mol. The number of benzene rings is 1. The fourth-order valence-corrected chi connectivity index (χ4v) is 5.00. The Hall–Kier alpha value is -0.510. The van der Waals surface area contributed by atoms with Crippen molar-refractivity contribution in [1.29, 1.82) is 0 Å². The van der Waals surface area contributed by atoms with Crippen LogP contribution in [0.5, 0.6) is 0 Å². The summed E-state index contributed by atoms with van der Waals surface area (Å²) in [6.07, 6.45) is 6.88. The van der Waals surface area contributed by atoms with Crippen molar-refractivity contribution >= 4 is 11.8 Å². The highest BCUT2D eigenvalue weighted by Crippen LogP contribution is 2.37. The minimum Gasteiger partial charge on any atom is -0.314 e. The number of rotatable bonds is 5. The molecule has 1 N–H and O–H groups in total. The zero-order chi connectivity index (χ0) is 14.1. The Balaban J connectivity index is 1.21. The molecule has 1 atom stereocenters. The summed E-state index contributed by atoms with van der Waals surface area (Å²) in [6, 6.07) is 9.82. The van der Waals surface area contributed by atoms with Crippen LogP contribution in [0.2, 0.25) is 0 Å². The average molecular weight is 302 g/mol. The molecule has 3 aliphatic rings. The van der Waals surface area contributed by atoms with Crippen LogP contribution < -0.4 is 5.32 Å². The van der Waals surface area contributed by atoms with E-state index < -0.39 is 0 Å². The van der Waals surface area contributed by atoms with Gasteiger partial charge in [0.1, 0.15) is 0 Å². The van der Waals surface area contributed by atoms with E-state index in [1.165, 1.54) is 63.2 Å². The number of fused-ring (bicyclic) bond motifs is 1. The highest BCUT2D eigenvalue weighted by atomic mass is 32.2. The Bertz CT molecular complexity index is 453. The summed E-state index contributed by atoms with van der Waals surface area (Å²) in [5.41, 5.74) is 1.57. The molecule has 0 aromatic heterocycles. The van der Waals surface area contributed by atoms with Crippen LogP contribution in [0.4, 0.5) is 0 Å². The highest BCUT2D eigenvalue weighted by Gasteiger charge is 2.27. The zero-order valence-electron chi connectivity index (χ0n) is 12.8. The highest BCUT2D eigenvalue weighted by molar-refractivity contribution is 8.00. The van der Waals surface area contributed by atoms with Gasteiger partial charge in [-0.3, -0.25) is 0 Å². The Kier molecular flexibility index (Phi) is 4.24. The Morgan fingerprint density at radius 1 is 1.10 bits per heavy atom. The lowest BCUT2D eigenvalue weighted by Crippen LogP contribution is -2.40. The van der Waals surface area contributed by atoms with Crippen molar-refractivity contribution < 1.29 is 0 Å². The zero-order valence-corrected chi connectivity index (χ0v) is 13.6. The Morgan fingerprint density at radius 2 is 1.90 bits per heavy atom. The van der Waals surface area contributed by atoms with Crippen LogP contribution in [0.1, 0.15) is 31.2 Å². The van der Waals surface area contributed by atoms with Crippen LogP contribution in [0.25, 0.3) is 0 Å². The first kappa shape index (κ1) is 14.1. The van der Waals surface area contributed by atoms with Crippen LogP contribution >= 0.6 is 11.8 Å². The number of nitrogens with zero attached hydrogens (tertiary/aromatic N) is 1. The lowest BCUT2D eigenvalue weighted by atomic mass is 9.96. The van der Waals surface area contributed by atoms with E-state index in [-0.39, 0.29) is 0 Å². The molecule has 2 heterocycles. The van der Waals surface area contributed by atoms with Gasteiger partial charge in [0, 0.05) is 22.7 Å². The fraction of sp³-hybridized carbons (Fsp3) is 0.667. The molecule has 1 aromatic carbocycles. The standard InChI is InChI=1S/C18H26N2S/c1-2-4-18-15(3-1)11-17(21-18)13-20-9-7-14(8-10-20)12-19-16-5-6-16/h1-4,14,16-17,19H,5-13H2. The maximum Gasteiger partial charge on any atom is 0.0263 e. The van der Waals surface area contributed by atoms with E-state index in [1.54, 1.807) is 5.56 Å². The Labute approximate surface area is 132 Å². The fourth-order valence-electron chi connectivity index (χ4n) is 3.64. The van der Waals surface area contributed by atoms with Crippen LogP contribution in [0, 0.1) is 5.92 Å². The molecule has 0 amide bonds. The number of nitrogens with one attached hydrogen (secondary N) is 1. The molecule has 4 rings (SSSR count). The molecule has 2 nitrogen and oxygen atoms in total. The predicted octanol–water partition coefficient (Wildman–Crippen LogP) is 3.17. The Morgan fingerprint density at radius 3 is 2.67 bits per heavy atom. The molecule has 3 heteroatoms. The molecule has 2 aliphatic heterocycles. The summed E-state index contributed by atoms with van der Waals surface area (Å²) in [4.78, 5) is 4.22. The van der Waals surface area contributed by atoms with Gasteiger partial charge in [-0.25, -0.2) is 0 Å². The van der Waals surface area contributed by atoms with E-state index in [1.807, 2.05) is 0 Å². The van der Waals surface area contributed by atoms with E-state index >= 15 is 0 Å². The molecule has 1 aromatic rings. The van der Waals surface area contributed by atoms with Crippen LogP contribution in [0.15, 0.2) is 29.2 Å². The van der Waals surface area contributed by atoms with E-state index in [2.05, 4.69) is 46.2 Å². The predicted molar refractivity (Wildman–Crippen MR) is 90.0 cm³/mol. The minimum atomic E-state index is 0.781. The first-order valence-corrected chi connectivity index (χ1v) is 9.45. The van der Waals surface area contributed by atoms with E-state index in [0.29, 0.717) is 0 Å². The molecule has 1 saturated carbocycles. The van der Waals surface area contributed by atoms with Gasteiger partial charge in [0.25, 0.3) is 0 Å². The van der Waals surface area contributed by atoms with Crippen molar-refractivity contribution in [2.45, 2.75) is 48.3 Å². The smallest absolute Gasteiger partial charge is 0.0263 e. The van der Waals surface area contributed by atoms with Gasteiger partial charge >= 0.3 is 0 Å². The van der Waals surface area contributed by atoms with E-state index in [4.69, 9.17) is 0 Å². The first-order valence-electron chi connectivity index (χ1n) is 8.57. The van der Waals surface area contributed by atoms with Crippen LogP contribution in [-0.2, 0) is 6.42 Å². The van der Waals surface area contributed by atoms with E-state index in [0.717, 1.165) is 17.2 Å². The molecule has 114 valence electrons. The van der Waals surface area contributed by atoms with Gasteiger partial charge in [0.15, 0.2) is 0 Å². The number of hydrogen-bond donors (Lipinski definition) is 1. The molecule has 0 spiro atoms. The third-order valence-corrected chi connectivity index (χ3v) is 6.46. The van der Waals surface area contributed by atoms with Crippen molar-refractivity contribution in [1.82, 2.24) is 10.2 Å². The maximum atomic E-state index is 3.70. The second kappa shape index (κ2) is 6.31. The average Bonchev–Trinajstić information content (AvgIpc) is 3.25. The topological polar surface area (TPSA) is 15.3 Å². The summed E-state index contributed by atoms with van der Waals surface area (Å²) in [5, 5.41) is 4.48. The summed E-state index contributed by atoms with van der Waals surface area (Å²) in [7, 11) is 0. The van der Waals surface area contributed by atoms with Crippen LogP contribution in [0.3, 0.4) is 0 Å². The molecule has 0 bridgehead atoms. The van der Waals surface area contributed by atoms with Crippen molar-refractivity contribution in [3.63, 3.8) is 0 Å². The number of thioether (sulfide) groups is 1. The van der Waals surface area contributed by atoms with Gasteiger partial charge in [-0.1, -0.05) is 18.2 Å². The van der Waals surface area contributed by atoms with Gasteiger partial charge in [-0.15, -0.1) is 11.8 Å². The molecule has 1 aliphatic carbocycles. The maximum absolute atomic E-state index is 3.70. The van der Waals surface area contributed by atoms with Crippen molar-refractivity contribution in [2.75, 3.05) is 26.2 Å².